The van der Waals surface area contributed by atoms with Crippen LogP contribution in [0.2, 0.25) is 0 Å². The predicted octanol–water partition coefficient (Wildman–Crippen LogP) is 7.77. The first kappa shape index (κ1) is 59.8. The number of amides is 2. The van der Waals surface area contributed by atoms with Crippen LogP contribution in [0.15, 0.2) is 97.1 Å². The molecule has 0 aliphatic rings. The first-order valence-electron chi connectivity index (χ1n) is 24.2. The van der Waals surface area contributed by atoms with Gasteiger partial charge in [0, 0.05) is 35.6 Å². The summed E-state index contributed by atoms with van der Waals surface area (Å²) < 4.78 is 39.9. The molecule has 4 aromatic carbocycles. The Labute approximate surface area is 438 Å². The van der Waals surface area contributed by atoms with Gasteiger partial charge in [0.25, 0.3) is 11.8 Å². The summed E-state index contributed by atoms with van der Waals surface area (Å²) in [6.07, 6.45) is -1.27. The third-order valence-corrected chi connectivity index (χ3v) is 10.0. The molecule has 2 amide bonds. The number of rotatable bonds is 20. The molecule has 0 spiro atoms. The largest absolute Gasteiger partial charge is 0.460 e. The normalized spacial score (nSPS) is 12.5. The summed E-state index contributed by atoms with van der Waals surface area (Å²) >= 11 is 0. The van der Waals surface area contributed by atoms with Gasteiger partial charge in [-0.05, 0) is 168 Å². The van der Waals surface area contributed by atoms with E-state index in [4.69, 9.17) is 44.6 Å². The molecule has 75 heavy (non-hydrogen) atoms. The maximum atomic E-state index is 14.7. The third kappa shape index (κ3) is 20.2. The number of anilines is 2. The molecular formula is C56H70N4O15. The van der Waals surface area contributed by atoms with Crippen molar-refractivity contribution in [2.24, 2.45) is 0 Å². The highest BCUT2D eigenvalue weighted by molar-refractivity contribution is 6.00. The first-order chi connectivity index (χ1) is 34.8. The van der Waals surface area contributed by atoms with Crippen molar-refractivity contribution in [2.75, 3.05) is 37.8 Å². The van der Waals surface area contributed by atoms with E-state index >= 15 is 0 Å². The summed E-state index contributed by atoms with van der Waals surface area (Å²) in [5.41, 5.74) is 8.64. The molecule has 0 aromatic heterocycles. The van der Waals surface area contributed by atoms with Gasteiger partial charge in [-0.15, -0.1) is 0 Å². The summed E-state index contributed by atoms with van der Waals surface area (Å²) in [5.74, 6) is -6.60. The smallest absolute Gasteiger partial charge is 0.343 e. The minimum absolute atomic E-state index is 0.0129. The van der Waals surface area contributed by atoms with Crippen molar-refractivity contribution in [3.8, 4) is 11.5 Å². The predicted molar refractivity (Wildman–Crippen MR) is 278 cm³/mol. The van der Waals surface area contributed by atoms with E-state index in [9.17, 15) is 38.4 Å². The lowest BCUT2D eigenvalue weighted by Gasteiger charge is -2.34. The van der Waals surface area contributed by atoms with Gasteiger partial charge in [0.15, 0.2) is 0 Å². The topological polar surface area (TPSA) is 260 Å². The molecule has 2 unspecified atom stereocenters. The molecule has 0 bridgehead atoms. The quantitative estimate of drug-likeness (QED) is 0.0281. The van der Waals surface area contributed by atoms with Crippen molar-refractivity contribution in [3.05, 3.63) is 119 Å². The van der Waals surface area contributed by atoms with E-state index in [1.54, 1.807) is 83.1 Å². The molecule has 19 nitrogen and oxygen atoms in total. The van der Waals surface area contributed by atoms with Crippen LogP contribution < -0.4 is 20.9 Å². The lowest BCUT2D eigenvalue weighted by atomic mass is 10.1. The van der Waals surface area contributed by atoms with Crippen molar-refractivity contribution >= 4 is 59.0 Å². The van der Waals surface area contributed by atoms with Crippen molar-refractivity contribution in [1.29, 1.82) is 0 Å². The van der Waals surface area contributed by atoms with Crippen molar-refractivity contribution < 1.29 is 71.5 Å². The lowest BCUT2D eigenvalue weighted by molar-refractivity contribution is -0.168. The van der Waals surface area contributed by atoms with Gasteiger partial charge in [-0.3, -0.25) is 19.2 Å². The Morgan fingerprint density at radius 1 is 0.440 bits per heavy atom. The number of carbonyl (C=O) groups is 8. The summed E-state index contributed by atoms with van der Waals surface area (Å²) in [4.78, 5) is 113. The second kappa shape index (κ2) is 25.4. The average molecular weight is 1040 g/mol. The van der Waals surface area contributed by atoms with E-state index in [0.717, 1.165) is 9.80 Å². The van der Waals surface area contributed by atoms with Crippen molar-refractivity contribution in [1.82, 2.24) is 9.80 Å². The SMILES string of the molecule is CC(C)(C)OC(=O)CC(C(=O)OC(C)(C)C)N(CCOCCN(C(=O)c1cccc(OC(=O)c2ccc(N)cc2)c1)C(CC(=O)OC(C)(C)C)C(=O)OC(C)(C)C)C(=O)c1cccc(OC(=O)c2ccc(N)cc2)c1. The van der Waals surface area contributed by atoms with Gasteiger partial charge in [-0.2, -0.15) is 0 Å². The molecule has 0 aliphatic carbocycles. The maximum absolute atomic E-state index is 14.7. The van der Waals surface area contributed by atoms with Gasteiger partial charge >= 0.3 is 35.8 Å². The van der Waals surface area contributed by atoms with Gasteiger partial charge in [0.1, 0.15) is 46.0 Å². The van der Waals surface area contributed by atoms with Crippen LogP contribution in [0.1, 0.15) is 137 Å². The standard InChI is InChI=1S/C56H70N4O15/c1-53(2,3)72-45(61)33-43(51(67)74-55(7,8)9)59(47(63)37-15-13-17-41(31-37)70-49(65)35-19-23-39(57)24-20-35)27-29-69-30-28-60(44(52(68)75-56(10,11)12)34-46(62)73-54(4,5)6)48(64)38-16-14-18-42(32-38)71-50(66)36-21-25-40(58)26-22-36/h13-26,31-32,43-44H,27-30,33-34,57-58H2,1-12H3. The number of nitrogen functional groups attached to an aromatic ring is 2. The minimum Gasteiger partial charge on any atom is -0.460 e. The van der Waals surface area contributed by atoms with Crippen LogP contribution in [-0.4, -0.2) is 118 Å². The molecule has 0 aliphatic heterocycles. The fraction of sp³-hybridized carbons (Fsp3) is 0.429. The van der Waals surface area contributed by atoms with E-state index in [2.05, 4.69) is 0 Å². The Kier molecular flexibility index (Phi) is 20.3. The van der Waals surface area contributed by atoms with E-state index in [0.29, 0.717) is 11.4 Å². The Balaban J connectivity index is 1.72. The Morgan fingerprint density at radius 3 is 1.07 bits per heavy atom. The molecule has 4 aromatic rings. The van der Waals surface area contributed by atoms with E-state index in [1.807, 2.05) is 0 Å². The number of ether oxygens (including phenoxy) is 7. The van der Waals surface area contributed by atoms with Crippen LogP contribution in [0, 0.1) is 0 Å². The molecule has 4 rings (SSSR count). The Bertz CT molecular complexity index is 2490. The summed E-state index contributed by atoms with van der Waals surface area (Å²) in [5, 5.41) is 0. The molecule has 404 valence electrons. The van der Waals surface area contributed by atoms with Crippen LogP contribution in [0.5, 0.6) is 11.5 Å². The zero-order valence-electron chi connectivity index (χ0n) is 44.8. The van der Waals surface area contributed by atoms with E-state index < -0.39 is 95.0 Å². The van der Waals surface area contributed by atoms with Crippen LogP contribution >= 0.6 is 0 Å². The highest BCUT2D eigenvalue weighted by atomic mass is 16.6. The number of nitrogens with zero attached hydrogens (tertiary/aromatic N) is 2. The van der Waals surface area contributed by atoms with E-state index in [-0.39, 0.29) is 60.1 Å². The molecule has 19 heteroatoms. The van der Waals surface area contributed by atoms with E-state index in [1.165, 1.54) is 97.1 Å². The summed E-state index contributed by atoms with van der Waals surface area (Å²) in [6.45, 7) is 18.2. The van der Waals surface area contributed by atoms with Crippen LogP contribution in [-0.2, 0) is 42.9 Å². The minimum atomic E-state index is -1.58. The number of hydrogen-bond acceptors (Lipinski definition) is 17. The second-order valence-electron chi connectivity index (χ2n) is 21.4. The average Bonchev–Trinajstić information content (AvgIpc) is 3.28. The molecule has 0 radical (unpaired) electrons. The zero-order valence-corrected chi connectivity index (χ0v) is 44.8. The van der Waals surface area contributed by atoms with Gasteiger partial charge < -0.3 is 54.4 Å². The highest BCUT2D eigenvalue weighted by Crippen LogP contribution is 2.25. The molecule has 0 saturated heterocycles. The summed E-state index contributed by atoms with van der Waals surface area (Å²) in [6, 6.07) is 20.1. The summed E-state index contributed by atoms with van der Waals surface area (Å²) in [7, 11) is 0. The fourth-order valence-electron chi connectivity index (χ4n) is 6.98. The van der Waals surface area contributed by atoms with Crippen LogP contribution in [0.4, 0.5) is 11.4 Å². The van der Waals surface area contributed by atoms with Crippen molar-refractivity contribution in [2.45, 2.75) is 130 Å². The molecule has 2 atom stereocenters. The fourth-order valence-corrected chi connectivity index (χ4v) is 6.98. The van der Waals surface area contributed by atoms with Gasteiger partial charge in [-0.25, -0.2) is 19.2 Å². The number of esters is 6. The number of nitrogens with two attached hydrogens (primary N) is 2. The molecule has 0 fully saturated rings. The van der Waals surface area contributed by atoms with Gasteiger partial charge in [-0.1, -0.05) is 12.1 Å². The zero-order chi connectivity index (χ0) is 56.1. The lowest BCUT2D eigenvalue weighted by Crippen LogP contribution is -2.51. The number of hydrogen-bond donors (Lipinski definition) is 2. The second-order valence-corrected chi connectivity index (χ2v) is 21.4. The third-order valence-electron chi connectivity index (χ3n) is 10.0. The highest BCUT2D eigenvalue weighted by Gasteiger charge is 2.39. The van der Waals surface area contributed by atoms with Crippen molar-refractivity contribution in [3.63, 3.8) is 0 Å². The molecule has 0 saturated carbocycles. The molecule has 4 N–H and O–H groups in total. The number of carbonyl (C=O) groups excluding carboxylic acids is 8. The molecular weight excluding hydrogens is 969 g/mol. The maximum Gasteiger partial charge on any atom is 0.343 e. The monoisotopic (exact) mass is 1040 g/mol. The van der Waals surface area contributed by atoms with Crippen LogP contribution in [0.3, 0.4) is 0 Å². The van der Waals surface area contributed by atoms with Gasteiger partial charge in [0.05, 0.1) is 37.2 Å². The molecule has 0 heterocycles. The van der Waals surface area contributed by atoms with Gasteiger partial charge in [0.2, 0.25) is 0 Å². The number of benzene rings is 4. The first-order valence-corrected chi connectivity index (χ1v) is 24.2. The Morgan fingerprint density at radius 2 is 0.760 bits per heavy atom. The Hall–Kier alpha value is -7.80. The van der Waals surface area contributed by atoms with Crippen LogP contribution in [0.25, 0.3) is 0 Å².